The van der Waals surface area contributed by atoms with Crippen LogP contribution in [0.5, 0.6) is 0 Å². The van der Waals surface area contributed by atoms with Crippen molar-refractivity contribution in [3.63, 3.8) is 0 Å². The monoisotopic (exact) mass is 416 g/mol. The molecule has 0 unspecified atom stereocenters. The van der Waals surface area contributed by atoms with Gasteiger partial charge in [0.25, 0.3) is 5.91 Å². The number of hydrogen-bond acceptors (Lipinski definition) is 4. The molecular formula is C22H28N2O4S. The third kappa shape index (κ3) is 5.65. The van der Waals surface area contributed by atoms with E-state index in [9.17, 15) is 13.2 Å². The summed E-state index contributed by atoms with van der Waals surface area (Å²) in [6, 6.07) is 16.1. The minimum absolute atomic E-state index is 0.0468. The summed E-state index contributed by atoms with van der Waals surface area (Å²) < 4.78 is 33.2. The van der Waals surface area contributed by atoms with E-state index in [1.807, 2.05) is 32.0 Å². The van der Waals surface area contributed by atoms with E-state index in [2.05, 4.69) is 16.9 Å². The molecule has 2 aromatic carbocycles. The van der Waals surface area contributed by atoms with Gasteiger partial charge in [-0.05, 0) is 43.2 Å². The fourth-order valence-electron chi connectivity index (χ4n) is 3.28. The van der Waals surface area contributed by atoms with E-state index < -0.39 is 10.0 Å². The highest BCUT2D eigenvalue weighted by Gasteiger charge is 2.26. The van der Waals surface area contributed by atoms with Crippen LogP contribution in [0.2, 0.25) is 0 Å². The molecule has 3 rings (SSSR count). The number of amides is 1. The molecule has 0 saturated carbocycles. The number of carbonyl (C=O) groups excluding carboxylic acids is 1. The van der Waals surface area contributed by atoms with Crippen molar-refractivity contribution in [3.8, 4) is 0 Å². The van der Waals surface area contributed by atoms with Crippen molar-refractivity contribution in [2.75, 3.05) is 19.7 Å². The molecule has 1 fully saturated rings. The first-order valence-electron chi connectivity index (χ1n) is 9.96. The van der Waals surface area contributed by atoms with Gasteiger partial charge in [0.2, 0.25) is 10.0 Å². The van der Waals surface area contributed by atoms with E-state index in [0.29, 0.717) is 31.7 Å². The van der Waals surface area contributed by atoms with Crippen molar-refractivity contribution in [1.82, 2.24) is 9.62 Å². The summed E-state index contributed by atoms with van der Waals surface area (Å²) in [5.41, 5.74) is 1.66. The summed E-state index contributed by atoms with van der Waals surface area (Å²) >= 11 is 0. The summed E-state index contributed by atoms with van der Waals surface area (Å²) in [5.74, 6) is -0.106. The highest BCUT2D eigenvalue weighted by Crippen LogP contribution is 2.17. The Labute approximate surface area is 172 Å². The second-order valence-corrected chi connectivity index (χ2v) is 9.10. The number of benzene rings is 2. The second-order valence-electron chi connectivity index (χ2n) is 7.39. The molecule has 1 heterocycles. The Morgan fingerprint density at radius 2 is 1.86 bits per heavy atom. The van der Waals surface area contributed by atoms with Crippen molar-refractivity contribution >= 4 is 15.9 Å². The Hall–Kier alpha value is -2.22. The van der Waals surface area contributed by atoms with Crippen LogP contribution < -0.4 is 4.72 Å². The number of morpholine rings is 1. The second kappa shape index (κ2) is 9.52. The number of nitrogens with one attached hydrogen (secondary N) is 1. The number of rotatable bonds is 7. The van der Waals surface area contributed by atoms with Gasteiger partial charge in [0.05, 0.1) is 17.6 Å². The van der Waals surface area contributed by atoms with Gasteiger partial charge in [-0.1, -0.05) is 37.3 Å². The van der Waals surface area contributed by atoms with Gasteiger partial charge in [-0.2, -0.15) is 0 Å². The molecule has 6 nitrogen and oxygen atoms in total. The maximum absolute atomic E-state index is 12.9. The van der Waals surface area contributed by atoms with Crippen molar-refractivity contribution < 1.29 is 17.9 Å². The number of carbonyl (C=O) groups is 1. The Balaban J connectivity index is 1.65. The van der Waals surface area contributed by atoms with Crippen LogP contribution in [-0.2, 0) is 21.2 Å². The first kappa shape index (κ1) is 21.5. The Morgan fingerprint density at radius 3 is 2.52 bits per heavy atom. The molecule has 1 aliphatic heterocycles. The van der Waals surface area contributed by atoms with E-state index in [-0.39, 0.29) is 22.9 Å². The van der Waals surface area contributed by atoms with Crippen molar-refractivity contribution in [3.05, 3.63) is 65.7 Å². The fourth-order valence-corrected chi connectivity index (χ4v) is 4.61. The molecule has 2 atom stereocenters. The summed E-state index contributed by atoms with van der Waals surface area (Å²) in [6.45, 7) is 5.28. The highest BCUT2D eigenvalue weighted by molar-refractivity contribution is 7.89. The quantitative estimate of drug-likeness (QED) is 0.753. The van der Waals surface area contributed by atoms with Crippen LogP contribution in [0.1, 0.15) is 36.2 Å². The maximum atomic E-state index is 12.9. The zero-order chi connectivity index (χ0) is 20.9. The van der Waals surface area contributed by atoms with Gasteiger partial charge in [0.15, 0.2) is 0 Å². The Kier molecular flexibility index (Phi) is 7.05. The van der Waals surface area contributed by atoms with E-state index in [1.165, 1.54) is 17.7 Å². The van der Waals surface area contributed by atoms with Gasteiger partial charge in [-0.3, -0.25) is 4.79 Å². The van der Waals surface area contributed by atoms with Crippen LogP contribution in [0.15, 0.2) is 59.5 Å². The summed E-state index contributed by atoms with van der Waals surface area (Å²) in [6.07, 6.45) is 1.41. The molecule has 156 valence electrons. The molecule has 0 aliphatic carbocycles. The molecule has 0 bridgehead atoms. The minimum atomic E-state index is -3.58. The van der Waals surface area contributed by atoms with Gasteiger partial charge < -0.3 is 9.64 Å². The predicted octanol–water partition coefficient (Wildman–Crippen LogP) is 2.85. The standard InChI is InChI=1S/C22H28N2O4S/c1-3-17(2)23-29(26,27)21-11-9-19(10-12-21)22(25)24-13-14-28-20(16-24)15-18-7-5-4-6-8-18/h4-12,17,20,23H,3,13-16H2,1-2H3/t17-,20+/m1/s1. The van der Waals surface area contributed by atoms with Crippen LogP contribution in [0, 0.1) is 0 Å². The average Bonchev–Trinajstić information content (AvgIpc) is 2.74. The summed E-state index contributed by atoms with van der Waals surface area (Å²) in [5, 5.41) is 0. The van der Waals surface area contributed by atoms with E-state index in [4.69, 9.17) is 4.74 Å². The van der Waals surface area contributed by atoms with Crippen molar-refractivity contribution in [2.45, 2.75) is 43.7 Å². The van der Waals surface area contributed by atoms with Crippen LogP contribution in [-0.4, -0.2) is 51.1 Å². The predicted molar refractivity (Wildman–Crippen MR) is 112 cm³/mol. The number of sulfonamides is 1. The van der Waals surface area contributed by atoms with Crippen LogP contribution in [0.4, 0.5) is 0 Å². The molecule has 2 aromatic rings. The molecule has 0 spiro atoms. The van der Waals surface area contributed by atoms with E-state index in [1.54, 1.807) is 17.0 Å². The van der Waals surface area contributed by atoms with Gasteiger partial charge in [-0.15, -0.1) is 0 Å². The lowest BCUT2D eigenvalue weighted by Crippen LogP contribution is -2.46. The van der Waals surface area contributed by atoms with E-state index >= 15 is 0 Å². The van der Waals surface area contributed by atoms with Crippen molar-refractivity contribution in [2.24, 2.45) is 0 Å². The molecular weight excluding hydrogens is 388 g/mol. The summed E-state index contributed by atoms with van der Waals surface area (Å²) in [7, 11) is -3.58. The minimum Gasteiger partial charge on any atom is -0.374 e. The largest absolute Gasteiger partial charge is 0.374 e. The van der Waals surface area contributed by atoms with Crippen molar-refractivity contribution in [1.29, 1.82) is 0 Å². The summed E-state index contributed by atoms with van der Waals surface area (Å²) in [4.78, 5) is 14.8. The first-order valence-corrected chi connectivity index (χ1v) is 11.4. The molecule has 1 saturated heterocycles. The van der Waals surface area contributed by atoms with E-state index in [0.717, 1.165) is 6.42 Å². The zero-order valence-electron chi connectivity index (χ0n) is 16.9. The molecule has 0 radical (unpaired) electrons. The topological polar surface area (TPSA) is 75.7 Å². The first-order chi connectivity index (χ1) is 13.9. The number of ether oxygens (including phenoxy) is 1. The SMILES string of the molecule is CC[C@@H](C)NS(=O)(=O)c1ccc(C(=O)N2CCO[C@@H](Cc3ccccc3)C2)cc1. The van der Waals surface area contributed by atoms with Crippen LogP contribution in [0.3, 0.4) is 0 Å². The lowest BCUT2D eigenvalue weighted by atomic mass is 10.1. The lowest BCUT2D eigenvalue weighted by Gasteiger charge is -2.33. The normalized spacial score (nSPS) is 18.4. The maximum Gasteiger partial charge on any atom is 0.254 e. The average molecular weight is 417 g/mol. The molecule has 1 aliphatic rings. The zero-order valence-corrected chi connectivity index (χ0v) is 17.7. The number of nitrogens with zero attached hydrogens (tertiary/aromatic N) is 1. The number of hydrogen-bond donors (Lipinski definition) is 1. The van der Waals surface area contributed by atoms with Crippen LogP contribution >= 0.6 is 0 Å². The Bertz CT molecular complexity index is 914. The smallest absolute Gasteiger partial charge is 0.254 e. The lowest BCUT2D eigenvalue weighted by molar-refractivity contribution is -0.0208. The van der Waals surface area contributed by atoms with Gasteiger partial charge >= 0.3 is 0 Å². The molecule has 1 amide bonds. The molecule has 1 N–H and O–H groups in total. The molecule has 0 aromatic heterocycles. The van der Waals surface area contributed by atoms with Crippen LogP contribution in [0.25, 0.3) is 0 Å². The third-order valence-electron chi connectivity index (χ3n) is 5.11. The van der Waals surface area contributed by atoms with Gasteiger partial charge in [0, 0.05) is 31.1 Å². The fraction of sp³-hybridized carbons (Fsp3) is 0.409. The Morgan fingerprint density at radius 1 is 1.17 bits per heavy atom. The van der Waals surface area contributed by atoms with Gasteiger partial charge in [-0.25, -0.2) is 13.1 Å². The molecule has 29 heavy (non-hydrogen) atoms. The van der Waals surface area contributed by atoms with Gasteiger partial charge in [0.1, 0.15) is 0 Å². The molecule has 7 heteroatoms. The highest BCUT2D eigenvalue weighted by atomic mass is 32.2. The third-order valence-corrected chi connectivity index (χ3v) is 6.72.